The van der Waals surface area contributed by atoms with E-state index < -0.39 is 0 Å². The summed E-state index contributed by atoms with van der Waals surface area (Å²) in [7, 11) is 0. The van der Waals surface area contributed by atoms with Gasteiger partial charge in [0.05, 0.1) is 0 Å². The average Bonchev–Trinajstić information content (AvgIpc) is 3.34. The Morgan fingerprint density at radius 2 is 1.86 bits per heavy atom. The number of halogens is 1. The molecule has 0 radical (unpaired) electrons. The predicted octanol–water partition coefficient (Wildman–Crippen LogP) is 4.44. The van der Waals surface area contributed by atoms with E-state index in [1.807, 2.05) is 47.4 Å². The van der Waals surface area contributed by atoms with E-state index in [9.17, 15) is 9.18 Å². The Morgan fingerprint density at radius 1 is 1.03 bits per heavy atom. The molecule has 29 heavy (non-hydrogen) atoms. The summed E-state index contributed by atoms with van der Waals surface area (Å²) in [5.74, 6) is -0.0838. The fraction of sp³-hybridized carbons (Fsp3) is 0.375. The number of fused-ring (bicyclic) bond motifs is 1. The van der Waals surface area contributed by atoms with Gasteiger partial charge in [0.25, 0.3) is 5.91 Å². The van der Waals surface area contributed by atoms with Crippen molar-refractivity contribution in [3.8, 4) is 0 Å². The standard InChI is InChI=1S/C24H26FN3O/c25-20-8-6-18(7-9-20)15-27-12-3-10-24(16-27)11-13-28(17-24)23(29)22-14-19-4-1-2-5-21(19)26-22/h1-2,4-9,14,26H,3,10-13,15-17H2/t24-/m0/s1. The lowest BCUT2D eigenvalue weighted by Crippen LogP contribution is -2.45. The molecule has 0 saturated carbocycles. The van der Waals surface area contributed by atoms with Gasteiger partial charge >= 0.3 is 0 Å². The molecule has 1 amide bonds. The SMILES string of the molecule is O=C(c1cc2ccccc2[nH]1)N1CC[C@]2(CCCN(Cc3ccc(F)cc3)C2)C1. The summed E-state index contributed by atoms with van der Waals surface area (Å²) in [4.78, 5) is 20.9. The molecular weight excluding hydrogens is 365 g/mol. The number of hydrogen-bond donors (Lipinski definition) is 1. The Kier molecular flexibility index (Phi) is 4.63. The van der Waals surface area contributed by atoms with Crippen molar-refractivity contribution >= 4 is 16.8 Å². The quantitative estimate of drug-likeness (QED) is 0.717. The maximum absolute atomic E-state index is 13.2. The smallest absolute Gasteiger partial charge is 0.270 e. The summed E-state index contributed by atoms with van der Waals surface area (Å²) in [6.07, 6.45) is 3.37. The van der Waals surface area contributed by atoms with Crippen LogP contribution in [0.2, 0.25) is 0 Å². The van der Waals surface area contributed by atoms with E-state index in [1.54, 1.807) is 0 Å². The van der Waals surface area contributed by atoms with Gasteiger partial charge in [-0.3, -0.25) is 9.69 Å². The molecule has 4 nitrogen and oxygen atoms in total. The molecular formula is C24H26FN3O. The lowest BCUT2D eigenvalue weighted by molar-refractivity contribution is 0.0671. The second-order valence-electron chi connectivity index (χ2n) is 8.69. The molecule has 1 atom stereocenters. The number of hydrogen-bond acceptors (Lipinski definition) is 2. The van der Waals surface area contributed by atoms with Crippen molar-refractivity contribution in [1.29, 1.82) is 0 Å². The fourth-order valence-corrected chi connectivity index (χ4v) is 5.09. The molecule has 2 aromatic carbocycles. The van der Waals surface area contributed by atoms with Crippen molar-refractivity contribution < 1.29 is 9.18 Å². The first-order valence-corrected chi connectivity index (χ1v) is 10.4. The molecule has 0 unspecified atom stereocenters. The van der Waals surface area contributed by atoms with Gasteiger partial charge < -0.3 is 9.88 Å². The number of likely N-dealkylation sites (tertiary alicyclic amines) is 2. The molecule has 0 aliphatic carbocycles. The zero-order valence-electron chi connectivity index (χ0n) is 16.5. The first-order chi connectivity index (χ1) is 14.1. The summed E-state index contributed by atoms with van der Waals surface area (Å²) in [6, 6.07) is 16.8. The first kappa shape index (κ1) is 18.4. The minimum absolute atomic E-state index is 0.105. The molecule has 0 bridgehead atoms. The number of amides is 1. The number of carbonyl (C=O) groups is 1. The van der Waals surface area contributed by atoms with Gasteiger partial charge in [-0.05, 0) is 55.6 Å². The Hall–Kier alpha value is -2.66. The highest BCUT2D eigenvalue weighted by Crippen LogP contribution is 2.40. The van der Waals surface area contributed by atoms with Gasteiger partial charge in [-0.15, -0.1) is 0 Å². The van der Waals surface area contributed by atoms with Gasteiger partial charge in [-0.1, -0.05) is 30.3 Å². The zero-order chi connectivity index (χ0) is 19.8. The maximum Gasteiger partial charge on any atom is 0.270 e. The number of H-pyrrole nitrogens is 1. The van der Waals surface area contributed by atoms with Crippen molar-refractivity contribution in [1.82, 2.24) is 14.8 Å². The largest absolute Gasteiger partial charge is 0.351 e. The normalized spacial score (nSPS) is 22.6. The molecule has 150 valence electrons. The van der Waals surface area contributed by atoms with E-state index in [4.69, 9.17) is 0 Å². The van der Waals surface area contributed by atoms with Crippen LogP contribution in [-0.2, 0) is 6.54 Å². The number of carbonyl (C=O) groups excluding carboxylic acids is 1. The highest BCUT2D eigenvalue weighted by atomic mass is 19.1. The van der Waals surface area contributed by atoms with Crippen molar-refractivity contribution in [2.75, 3.05) is 26.2 Å². The number of nitrogens with one attached hydrogen (secondary N) is 1. The van der Waals surface area contributed by atoms with E-state index in [-0.39, 0.29) is 17.1 Å². The Labute approximate surface area is 170 Å². The summed E-state index contributed by atoms with van der Waals surface area (Å²) in [5.41, 5.74) is 3.02. The van der Waals surface area contributed by atoms with Gasteiger partial charge in [0.15, 0.2) is 0 Å². The number of piperidine rings is 1. The van der Waals surface area contributed by atoms with Gasteiger partial charge in [0.1, 0.15) is 11.5 Å². The van der Waals surface area contributed by atoms with Crippen LogP contribution >= 0.6 is 0 Å². The topological polar surface area (TPSA) is 39.3 Å². The van der Waals surface area contributed by atoms with Crippen LogP contribution in [0.15, 0.2) is 54.6 Å². The second kappa shape index (κ2) is 7.30. The van der Waals surface area contributed by atoms with Crippen LogP contribution in [0, 0.1) is 11.2 Å². The predicted molar refractivity (Wildman–Crippen MR) is 112 cm³/mol. The van der Waals surface area contributed by atoms with Crippen molar-refractivity contribution in [3.05, 3.63) is 71.7 Å². The van der Waals surface area contributed by atoms with Gasteiger partial charge in [-0.2, -0.15) is 0 Å². The average molecular weight is 391 g/mol. The van der Waals surface area contributed by atoms with Crippen LogP contribution in [0.3, 0.4) is 0 Å². The molecule has 2 aliphatic rings. The maximum atomic E-state index is 13.2. The third-order valence-electron chi connectivity index (χ3n) is 6.55. The van der Waals surface area contributed by atoms with Crippen LogP contribution in [0.5, 0.6) is 0 Å². The Balaban J connectivity index is 1.27. The third kappa shape index (κ3) is 3.67. The number of nitrogens with zero attached hydrogens (tertiary/aromatic N) is 2. The summed E-state index contributed by atoms with van der Waals surface area (Å²) in [5, 5.41) is 1.08. The zero-order valence-corrected chi connectivity index (χ0v) is 16.5. The minimum Gasteiger partial charge on any atom is -0.351 e. The van der Waals surface area contributed by atoms with Gasteiger partial charge in [-0.25, -0.2) is 4.39 Å². The van der Waals surface area contributed by atoms with Crippen LogP contribution in [0.4, 0.5) is 4.39 Å². The van der Waals surface area contributed by atoms with Crippen molar-refractivity contribution in [2.45, 2.75) is 25.8 Å². The number of benzene rings is 2. The fourth-order valence-electron chi connectivity index (χ4n) is 5.09. The lowest BCUT2D eigenvalue weighted by Gasteiger charge is -2.40. The van der Waals surface area contributed by atoms with Gasteiger partial charge in [0.2, 0.25) is 0 Å². The van der Waals surface area contributed by atoms with Crippen molar-refractivity contribution in [3.63, 3.8) is 0 Å². The molecule has 2 fully saturated rings. The molecule has 5 heteroatoms. The number of rotatable bonds is 3. The highest BCUT2D eigenvalue weighted by Gasteiger charge is 2.43. The van der Waals surface area contributed by atoms with E-state index >= 15 is 0 Å². The second-order valence-corrected chi connectivity index (χ2v) is 8.69. The Bertz CT molecular complexity index is 995. The molecule has 1 aromatic heterocycles. The molecule has 5 rings (SSSR count). The van der Waals surface area contributed by atoms with Crippen LogP contribution in [0.1, 0.15) is 35.3 Å². The van der Waals surface area contributed by atoms with Crippen LogP contribution < -0.4 is 0 Å². The molecule has 3 aromatic rings. The highest BCUT2D eigenvalue weighted by molar-refractivity contribution is 5.98. The number of aromatic nitrogens is 1. The van der Waals surface area contributed by atoms with Crippen molar-refractivity contribution in [2.24, 2.45) is 5.41 Å². The van der Waals surface area contributed by atoms with Gasteiger partial charge in [0, 0.05) is 42.5 Å². The summed E-state index contributed by atoms with van der Waals surface area (Å²) < 4.78 is 13.2. The lowest BCUT2D eigenvalue weighted by atomic mass is 9.79. The molecule has 1 N–H and O–H groups in total. The minimum atomic E-state index is -0.189. The first-order valence-electron chi connectivity index (χ1n) is 10.4. The van der Waals surface area contributed by atoms with E-state index in [1.165, 1.54) is 18.6 Å². The van der Waals surface area contributed by atoms with E-state index in [0.29, 0.717) is 5.69 Å². The molecule has 1 spiro atoms. The van der Waals surface area contributed by atoms with E-state index in [2.05, 4.69) is 9.88 Å². The van der Waals surface area contributed by atoms with Crippen LogP contribution in [-0.4, -0.2) is 46.9 Å². The summed E-state index contributed by atoms with van der Waals surface area (Å²) >= 11 is 0. The summed E-state index contributed by atoms with van der Waals surface area (Å²) in [6.45, 7) is 4.55. The van der Waals surface area contributed by atoms with Crippen LogP contribution in [0.25, 0.3) is 10.9 Å². The monoisotopic (exact) mass is 391 g/mol. The third-order valence-corrected chi connectivity index (χ3v) is 6.55. The number of para-hydroxylation sites is 1. The molecule has 2 aliphatic heterocycles. The molecule has 3 heterocycles. The molecule has 2 saturated heterocycles. The van der Waals surface area contributed by atoms with E-state index in [0.717, 1.165) is 62.0 Å². The number of aromatic amines is 1. The Morgan fingerprint density at radius 3 is 2.69 bits per heavy atom.